The van der Waals surface area contributed by atoms with Crippen LogP contribution >= 0.6 is 0 Å². The van der Waals surface area contributed by atoms with Crippen LogP contribution in [0.5, 0.6) is 0 Å². The summed E-state index contributed by atoms with van der Waals surface area (Å²) >= 11 is 0. The first-order chi connectivity index (χ1) is 14.2. The van der Waals surface area contributed by atoms with Gasteiger partial charge in [-0.3, -0.25) is 0 Å². The zero-order chi connectivity index (χ0) is 27.2. The maximum atomic E-state index is 13.5. The first kappa shape index (κ1) is 31.0. The van der Waals surface area contributed by atoms with Crippen molar-refractivity contribution in [3.63, 3.8) is 0 Å². The lowest BCUT2D eigenvalue weighted by Crippen LogP contribution is -2.73. The van der Waals surface area contributed by atoms with E-state index in [9.17, 15) is 79.4 Å². The predicted octanol–water partition coefficient (Wildman–Crippen LogP) is 6.50. The average molecular weight is 532 g/mol. The summed E-state index contributed by atoms with van der Waals surface area (Å²) in [6.45, 7) is 3.46. The normalized spacial score (nSPS) is 16.1. The molecule has 0 aliphatic rings. The fraction of sp³-hybridized carbons (Fsp3) is 0.786. The molecule has 0 spiro atoms. The second kappa shape index (κ2) is 8.66. The van der Waals surface area contributed by atoms with Crippen LogP contribution < -0.4 is 0 Å². The molecule has 0 saturated carbocycles. The molecule has 1 unspecified atom stereocenters. The van der Waals surface area contributed by atoms with Gasteiger partial charge in [0.05, 0.1) is 6.42 Å². The lowest BCUT2D eigenvalue weighted by Gasteiger charge is -2.42. The summed E-state index contributed by atoms with van der Waals surface area (Å²) < 4.78 is 226. The number of ether oxygens (including phenoxy) is 1. The number of rotatable bonds is 11. The van der Waals surface area contributed by atoms with Gasteiger partial charge >= 0.3 is 53.9 Å². The van der Waals surface area contributed by atoms with E-state index in [1.807, 2.05) is 0 Å². The van der Waals surface area contributed by atoms with Gasteiger partial charge in [0.1, 0.15) is 0 Å². The number of carbonyl (C=O) groups is 1. The average Bonchev–Trinajstić information content (AvgIpc) is 2.59. The van der Waals surface area contributed by atoms with Crippen molar-refractivity contribution >= 4 is 5.97 Å². The Morgan fingerprint density at radius 3 is 1.36 bits per heavy atom. The lowest BCUT2D eigenvalue weighted by atomic mass is 9.88. The number of alkyl halides is 17. The summed E-state index contributed by atoms with van der Waals surface area (Å²) in [6, 6.07) is 0. The van der Waals surface area contributed by atoms with Crippen LogP contribution in [0.4, 0.5) is 74.6 Å². The molecule has 0 aromatic carbocycles. The zero-order valence-corrected chi connectivity index (χ0v) is 15.3. The Hall–Kier alpha value is -1.98. The zero-order valence-electron chi connectivity index (χ0n) is 15.3. The third-order valence-corrected chi connectivity index (χ3v) is 3.73. The molecule has 0 saturated heterocycles. The summed E-state index contributed by atoms with van der Waals surface area (Å²) in [6.07, 6.45) is -13.4. The van der Waals surface area contributed by atoms with Gasteiger partial charge in [-0.2, -0.15) is 61.5 Å². The topological polar surface area (TPSA) is 26.3 Å². The van der Waals surface area contributed by atoms with Crippen LogP contribution in [0.15, 0.2) is 12.2 Å². The van der Waals surface area contributed by atoms with Crippen LogP contribution in [0.2, 0.25) is 0 Å². The van der Waals surface area contributed by atoms with Crippen LogP contribution in [0.1, 0.15) is 13.3 Å². The molecule has 0 aliphatic heterocycles. The second-order valence-corrected chi connectivity index (χ2v) is 6.30. The molecule has 0 aromatic rings. The molecule has 2 nitrogen and oxygen atoms in total. The maximum absolute atomic E-state index is 13.5. The molecular weight excluding hydrogens is 523 g/mol. The van der Waals surface area contributed by atoms with Gasteiger partial charge < -0.3 is 4.74 Å². The summed E-state index contributed by atoms with van der Waals surface area (Å²) in [5, 5.41) is 0. The van der Waals surface area contributed by atoms with Gasteiger partial charge in [-0.25, -0.2) is 18.0 Å². The summed E-state index contributed by atoms with van der Waals surface area (Å²) in [5.41, 5.74) is -0.800. The van der Waals surface area contributed by atoms with Crippen LogP contribution in [0.25, 0.3) is 0 Å². The molecule has 196 valence electrons. The van der Waals surface area contributed by atoms with Gasteiger partial charge in [0, 0.05) is 5.57 Å². The number of esters is 1. The van der Waals surface area contributed by atoms with E-state index in [0.29, 0.717) is 6.92 Å². The van der Waals surface area contributed by atoms with Crippen molar-refractivity contribution in [1.29, 1.82) is 0 Å². The van der Waals surface area contributed by atoms with Crippen LogP contribution in [0.3, 0.4) is 0 Å². The van der Waals surface area contributed by atoms with E-state index in [4.69, 9.17) is 0 Å². The monoisotopic (exact) mass is 532 g/mol. The Morgan fingerprint density at radius 2 is 1.03 bits per heavy atom. The Balaban J connectivity index is 6.40. The minimum absolute atomic E-state index is 0.716. The van der Waals surface area contributed by atoms with E-state index in [1.165, 1.54) is 0 Å². The van der Waals surface area contributed by atoms with Gasteiger partial charge in [0.15, 0.2) is 0 Å². The van der Waals surface area contributed by atoms with Crippen LogP contribution in [-0.2, 0) is 9.53 Å². The number of halogens is 17. The Bertz CT molecular complexity index is 742. The van der Waals surface area contributed by atoms with E-state index >= 15 is 0 Å². The molecular formula is C14H9F17O2. The minimum atomic E-state index is -8.57. The van der Waals surface area contributed by atoms with E-state index < -0.39 is 72.2 Å². The highest BCUT2D eigenvalue weighted by atomic mass is 19.4. The standard InChI is InChI=1S/C14H9F17O2/c1-4(2)6(32)33-5(15)3-8(18,19)10(22,23)12(26,27)14(30,31)13(28,29)11(24,25)9(20,21)7(16)17/h5,7H,1,3H2,2H3. The first-order valence-electron chi connectivity index (χ1n) is 7.60. The quantitative estimate of drug-likeness (QED) is 0.173. The van der Waals surface area contributed by atoms with Crippen molar-refractivity contribution in [3.05, 3.63) is 12.2 Å². The molecule has 19 heteroatoms. The number of hydrogen-bond acceptors (Lipinski definition) is 2. The lowest BCUT2D eigenvalue weighted by molar-refractivity contribution is -0.448. The molecule has 0 amide bonds. The highest BCUT2D eigenvalue weighted by Gasteiger charge is 2.93. The van der Waals surface area contributed by atoms with Crippen molar-refractivity contribution < 1.29 is 84.2 Å². The van der Waals surface area contributed by atoms with E-state index in [1.54, 1.807) is 0 Å². The van der Waals surface area contributed by atoms with Gasteiger partial charge in [0.2, 0.25) is 6.36 Å². The van der Waals surface area contributed by atoms with Gasteiger partial charge in [-0.05, 0) is 6.92 Å². The summed E-state index contributed by atoms with van der Waals surface area (Å²) in [4.78, 5) is 10.9. The summed E-state index contributed by atoms with van der Waals surface area (Å²) in [7, 11) is 0. The van der Waals surface area contributed by atoms with Crippen molar-refractivity contribution in [2.45, 2.75) is 67.6 Å². The molecule has 0 bridgehead atoms. The SMILES string of the molecule is C=C(C)C(=O)OC(F)CC(F)(F)C(F)(F)C(F)(F)C(F)(F)C(F)(F)C(F)(F)C(F)(F)C(F)F. The molecule has 0 aromatic heterocycles. The maximum Gasteiger partial charge on any atom is 0.384 e. The molecule has 1 atom stereocenters. The van der Waals surface area contributed by atoms with Gasteiger partial charge in [0.25, 0.3) is 0 Å². The molecule has 0 heterocycles. The van der Waals surface area contributed by atoms with Crippen molar-refractivity contribution in [3.8, 4) is 0 Å². The fourth-order valence-electron chi connectivity index (χ4n) is 1.76. The van der Waals surface area contributed by atoms with Crippen LogP contribution in [-0.4, -0.2) is 60.2 Å². The minimum Gasteiger partial charge on any atom is -0.428 e. The molecule has 33 heavy (non-hydrogen) atoms. The molecule has 0 rings (SSSR count). The second-order valence-electron chi connectivity index (χ2n) is 6.30. The van der Waals surface area contributed by atoms with Gasteiger partial charge in [-0.1, -0.05) is 6.58 Å². The third-order valence-electron chi connectivity index (χ3n) is 3.73. The van der Waals surface area contributed by atoms with Crippen LogP contribution in [0, 0.1) is 0 Å². The highest BCUT2D eigenvalue weighted by Crippen LogP contribution is 2.63. The molecule has 0 radical (unpaired) electrons. The van der Waals surface area contributed by atoms with Crippen molar-refractivity contribution in [2.24, 2.45) is 0 Å². The van der Waals surface area contributed by atoms with E-state index in [0.717, 1.165) is 0 Å². The fourth-order valence-corrected chi connectivity index (χ4v) is 1.76. The van der Waals surface area contributed by atoms with Crippen molar-refractivity contribution in [1.82, 2.24) is 0 Å². The third kappa shape index (κ3) is 4.67. The predicted molar refractivity (Wildman–Crippen MR) is 71.1 cm³/mol. The van der Waals surface area contributed by atoms with Gasteiger partial charge in [-0.15, -0.1) is 0 Å². The molecule has 0 fully saturated rings. The van der Waals surface area contributed by atoms with E-state index in [-0.39, 0.29) is 0 Å². The summed E-state index contributed by atoms with van der Waals surface area (Å²) in [5.74, 6) is -58.1. The smallest absolute Gasteiger partial charge is 0.384 e. The number of carbonyl (C=O) groups excluding carboxylic acids is 1. The molecule has 0 aliphatic carbocycles. The van der Waals surface area contributed by atoms with Crippen molar-refractivity contribution in [2.75, 3.05) is 0 Å². The largest absolute Gasteiger partial charge is 0.428 e. The van der Waals surface area contributed by atoms with E-state index in [2.05, 4.69) is 11.3 Å². The Morgan fingerprint density at radius 1 is 0.697 bits per heavy atom. The Labute approximate surface area is 171 Å². The highest BCUT2D eigenvalue weighted by molar-refractivity contribution is 5.87. The molecule has 0 N–H and O–H groups in total. The Kier molecular flexibility index (Phi) is 8.14. The first-order valence-corrected chi connectivity index (χ1v) is 7.60. The number of hydrogen-bond donors (Lipinski definition) is 0.